The molecule has 8 heteroatoms. The van der Waals surface area contributed by atoms with E-state index in [1.54, 1.807) is 55.5 Å². The van der Waals surface area contributed by atoms with Crippen molar-refractivity contribution in [2.45, 2.75) is 6.92 Å². The predicted molar refractivity (Wildman–Crippen MR) is 103 cm³/mol. The molecule has 0 bridgehead atoms. The van der Waals surface area contributed by atoms with Crippen molar-refractivity contribution in [3.8, 4) is 5.75 Å². The first-order valence-corrected chi connectivity index (χ1v) is 8.72. The molecule has 0 aliphatic heterocycles. The van der Waals surface area contributed by atoms with Gasteiger partial charge >= 0.3 is 5.97 Å². The Morgan fingerprint density at radius 3 is 2.31 bits per heavy atom. The molecule has 3 aromatic rings. The summed E-state index contributed by atoms with van der Waals surface area (Å²) in [5.74, 6) is -0.806. The number of esters is 1. The highest BCUT2D eigenvalue weighted by Gasteiger charge is 2.12. The van der Waals surface area contributed by atoms with Crippen molar-refractivity contribution in [3.63, 3.8) is 0 Å². The summed E-state index contributed by atoms with van der Waals surface area (Å²) in [7, 11) is 0. The van der Waals surface area contributed by atoms with Crippen LogP contribution in [0.5, 0.6) is 5.75 Å². The predicted octanol–water partition coefficient (Wildman–Crippen LogP) is 2.77. The van der Waals surface area contributed by atoms with Crippen LogP contribution in [0.4, 0.5) is 5.88 Å². The van der Waals surface area contributed by atoms with E-state index in [1.165, 1.54) is 6.07 Å². The van der Waals surface area contributed by atoms with Crippen LogP contribution in [0.25, 0.3) is 0 Å². The number of nitrogens with zero attached hydrogens (tertiary/aromatic N) is 1. The standard InChI is InChI=1S/C21H18N2O6/c1-14-11-19(29-23-14)22-18(24)12-28-20(25)13-27-17-9-7-16(8-10-17)21(26)15-5-3-2-4-6-15/h2-11H,12-13H2,1H3,(H,22,24). The number of benzene rings is 2. The molecule has 0 spiro atoms. The van der Waals surface area contributed by atoms with Gasteiger partial charge in [0.1, 0.15) is 5.75 Å². The van der Waals surface area contributed by atoms with Crippen LogP contribution in [0.2, 0.25) is 0 Å². The second-order valence-corrected chi connectivity index (χ2v) is 6.05. The molecule has 1 aromatic heterocycles. The molecule has 1 amide bonds. The van der Waals surface area contributed by atoms with Crippen LogP contribution < -0.4 is 10.1 Å². The summed E-state index contributed by atoms with van der Waals surface area (Å²) in [4.78, 5) is 35.7. The monoisotopic (exact) mass is 394 g/mol. The Kier molecular flexibility index (Phi) is 6.36. The van der Waals surface area contributed by atoms with Crippen molar-refractivity contribution in [2.24, 2.45) is 0 Å². The van der Waals surface area contributed by atoms with Crippen molar-refractivity contribution < 1.29 is 28.4 Å². The van der Waals surface area contributed by atoms with E-state index in [-0.39, 0.29) is 18.3 Å². The molecule has 1 N–H and O–H groups in total. The maximum Gasteiger partial charge on any atom is 0.344 e. The fraction of sp³-hybridized carbons (Fsp3) is 0.143. The second-order valence-electron chi connectivity index (χ2n) is 6.05. The second kappa shape index (κ2) is 9.32. The van der Waals surface area contributed by atoms with Gasteiger partial charge in [-0.25, -0.2) is 4.79 Å². The number of carbonyl (C=O) groups excluding carboxylic acids is 3. The number of ether oxygens (including phenoxy) is 2. The van der Waals surface area contributed by atoms with E-state index in [9.17, 15) is 14.4 Å². The number of aromatic nitrogens is 1. The van der Waals surface area contributed by atoms with Crippen molar-refractivity contribution in [1.29, 1.82) is 0 Å². The molecule has 0 saturated heterocycles. The molecule has 0 aliphatic rings. The van der Waals surface area contributed by atoms with Crippen LogP contribution in [0, 0.1) is 6.92 Å². The van der Waals surface area contributed by atoms with E-state index < -0.39 is 18.5 Å². The van der Waals surface area contributed by atoms with Crippen LogP contribution in [0.3, 0.4) is 0 Å². The molecule has 3 rings (SSSR count). The molecular weight excluding hydrogens is 376 g/mol. The van der Waals surface area contributed by atoms with Gasteiger partial charge in [-0.2, -0.15) is 0 Å². The fourth-order valence-electron chi connectivity index (χ4n) is 2.38. The average molecular weight is 394 g/mol. The van der Waals surface area contributed by atoms with E-state index in [4.69, 9.17) is 14.0 Å². The normalized spacial score (nSPS) is 10.2. The maximum absolute atomic E-state index is 12.3. The zero-order valence-electron chi connectivity index (χ0n) is 15.6. The third-order valence-corrected chi connectivity index (χ3v) is 3.76. The summed E-state index contributed by atoms with van der Waals surface area (Å²) < 4.78 is 15.0. The van der Waals surface area contributed by atoms with E-state index in [1.807, 2.05) is 6.07 Å². The van der Waals surface area contributed by atoms with E-state index in [2.05, 4.69) is 10.5 Å². The Hall–Kier alpha value is -3.94. The number of amides is 1. The SMILES string of the molecule is Cc1cc(NC(=O)COC(=O)COc2ccc(C(=O)c3ccccc3)cc2)on1. The largest absolute Gasteiger partial charge is 0.482 e. The van der Waals surface area contributed by atoms with Crippen LogP contribution >= 0.6 is 0 Å². The number of aryl methyl sites for hydroxylation is 1. The first-order valence-electron chi connectivity index (χ1n) is 8.72. The van der Waals surface area contributed by atoms with Gasteiger partial charge in [-0.05, 0) is 31.2 Å². The Morgan fingerprint density at radius 1 is 0.966 bits per heavy atom. The molecule has 0 aliphatic carbocycles. The lowest BCUT2D eigenvalue weighted by Gasteiger charge is -2.07. The topological polar surface area (TPSA) is 108 Å². The zero-order valence-corrected chi connectivity index (χ0v) is 15.6. The molecule has 0 unspecified atom stereocenters. The maximum atomic E-state index is 12.3. The van der Waals surface area contributed by atoms with Gasteiger partial charge in [0, 0.05) is 17.2 Å². The highest BCUT2D eigenvalue weighted by atomic mass is 16.6. The van der Waals surface area contributed by atoms with Crippen molar-refractivity contribution >= 4 is 23.5 Å². The number of carbonyl (C=O) groups is 3. The molecule has 1 heterocycles. The average Bonchev–Trinajstić information content (AvgIpc) is 3.15. The number of ketones is 1. The van der Waals surface area contributed by atoms with Gasteiger partial charge in [-0.3, -0.25) is 14.9 Å². The lowest BCUT2D eigenvalue weighted by molar-refractivity contribution is -0.149. The van der Waals surface area contributed by atoms with Crippen LogP contribution in [0.15, 0.2) is 65.2 Å². The minimum atomic E-state index is -0.710. The van der Waals surface area contributed by atoms with Gasteiger partial charge < -0.3 is 14.0 Å². The molecular formula is C21H18N2O6. The van der Waals surface area contributed by atoms with Gasteiger partial charge in [-0.15, -0.1) is 0 Å². The Morgan fingerprint density at radius 2 is 1.66 bits per heavy atom. The Balaban J connectivity index is 1.43. The van der Waals surface area contributed by atoms with Gasteiger partial charge in [0.15, 0.2) is 19.0 Å². The molecule has 148 valence electrons. The molecule has 8 nitrogen and oxygen atoms in total. The summed E-state index contributed by atoms with van der Waals surface area (Å²) in [6.45, 7) is 0.855. The Bertz CT molecular complexity index is 996. The summed E-state index contributed by atoms with van der Waals surface area (Å²) in [5.41, 5.74) is 1.70. The van der Waals surface area contributed by atoms with Crippen LogP contribution in [0.1, 0.15) is 21.6 Å². The molecule has 0 fully saturated rings. The number of rotatable bonds is 8. The summed E-state index contributed by atoms with van der Waals surface area (Å²) in [6, 6.07) is 16.8. The van der Waals surface area contributed by atoms with Gasteiger partial charge in [0.25, 0.3) is 5.91 Å². The smallest absolute Gasteiger partial charge is 0.344 e. The fourth-order valence-corrected chi connectivity index (χ4v) is 2.38. The lowest BCUT2D eigenvalue weighted by atomic mass is 10.0. The number of hydrogen-bond donors (Lipinski definition) is 1. The van der Waals surface area contributed by atoms with Crippen LogP contribution in [-0.4, -0.2) is 36.0 Å². The van der Waals surface area contributed by atoms with Crippen molar-refractivity contribution in [2.75, 3.05) is 18.5 Å². The summed E-state index contributed by atoms with van der Waals surface area (Å²) in [6.07, 6.45) is 0. The molecule has 0 radical (unpaired) electrons. The lowest BCUT2D eigenvalue weighted by Crippen LogP contribution is -2.23. The van der Waals surface area contributed by atoms with Crippen LogP contribution in [-0.2, 0) is 14.3 Å². The van der Waals surface area contributed by atoms with Crippen molar-refractivity contribution in [3.05, 3.63) is 77.5 Å². The van der Waals surface area contributed by atoms with Crippen molar-refractivity contribution in [1.82, 2.24) is 5.16 Å². The minimum Gasteiger partial charge on any atom is -0.482 e. The number of hydrogen-bond acceptors (Lipinski definition) is 7. The highest BCUT2D eigenvalue weighted by molar-refractivity contribution is 6.09. The number of anilines is 1. The zero-order chi connectivity index (χ0) is 20.6. The Labute approximate surface area is 166 Å². The van der Waals surface area contributed by atoms with E-state index in [0.717, 1.165) is 0 Å². The molecule has 29 heavy (non-hydrogen) atoms. The summed E-state index contributed by atoms with van der Waals surface area (Å²) in [5, 5.41) is 6.03. The molecule has 0 saturated carbocycles. The third-order valence-electron chi connectivity index (χ3n) is 3.76. The van der Waals surface area contributed by atoms with E-state index in [0.29, 0.717) is 22.6 Å². The highest BCUT2D eigenvalue weighted by Crippen LogP contribution is 2.15. The first-order chi connectivity index (χ1) is 14.0. The first kappa shape index (κ1) is 19.8. The molecule has 2 aromatic carbocycles. The van der Waals surface area contributed by atoms with Gasteiger partial charge in [-0.1, -0.05) is 35.5 Å². The van der Waals surface area contributed by atoms with Gasteiger partial charge in [0.05, 0.1) is 5.69 Å². The van der Waals surface area contributed by atoms with E-state index >= 15 is 0 Å². The minimum absolute atomic E-state index is 0.107. The van der Waals surface area contributed by atoms with Gasteiger partial charge in [0.2, 0.25) is 5.88 Å². The number of nitrogens with one attached hydrogen (secondary N) is 1. The summed E-state index contributed by atoms with van der Waals surface area (Å²) >= 11 is 0. The molecule has 0 atom stereocenters. The quantitative estimate of drug-likeness (QED) is 0.462. The third kappa shape index (κ3) is 5.77.